The molecule has 0 radical (unpaired) electrons. The number of nitrogens with two attached hydrogens (primary N) is 1. The summed E-state index contributed by atoms with van der Waals surface area (Å²) < 4.78 is 0. The van der Waals surface area contributed by atoms with Gasteiger partial charge in [0.15, 0.2) is 0 Å². The van der Waals surface area contributed by atoms with Crippen LogP contribution in [0.2, 0.25) is 0 Å². The highest BCUT2D eigenvalue weighted by Gasteiger charge is 2.32. The number of nitrogens with zero attached hydrogens (tertiary/aromatic N) is 4. The molecule has 2 heterocycles. The minimum Gasteiger partial charge on any atom is -0.382 e. The standard InChI is InChI=1S/C12H17N5O/c13-11-8-14-7-10(15-11)12(18)17-5-3-16(4-6-17)9-1-2-9/h7-9H,1-6H2,(H2,13,15). The number of carbonyl (C=O) groups is 1. The number of amides is 1. The van der Waals surface area contributed by atoms with E-state index in [9.17, 15) is 4.79 Å². The minimum atomic E-state index is -0.0646. The van der Waals surface area contributed by atoms with Crippen molar-refractivity contribution in [2.24, 2.45) is 0 Å². The Labute approximate surface area is 106 Å². The minimum absolute atomic E-state index is 0.0646. The molecular formula is C12H17N5O. The van der Waals surface area contributed by atoms with Gasteiger partial charge in [-0.25, -0.2) is 4.98 Å². The van der Waals surface area contributed by atoms with Crippen molar-refractivity contribution in [2.75, 3.05) is 31.9 Å². The lowest BCUT2D eigenvalue weighted by Gasteiger charge is -2.34. The molecule has 96 valence electrons. The van der Waals surface area contributed by atoms with Gasteiger partial charge in [-0.15, -0.1) is 0 Å². The van der Waals surface area contributed by atoms with Crippen LogP contribution in [-0.4, -0.2) is 57.9 Å². The highest BCUT2D eigenvalue weighted by molar-refractivity contribution is 5.92. The Bertz CT molecular complexity index is 452. The number of hydrogen-bond donors (Lipinski definition) is 1. The van der Waals surface area contributed by atoms with Gasteiger partial charge in [0.2, 0.25) is 0 Å². The van der Waals surface area contributed by atoms with Crippen molar-refractivity contribution >= 4 is 11.7 Å². The van der Waals surface area contributed by atoms with Crippen molar-refractivity contribution in [3.05, 3.63) is 18.1 Å². The monoisotopic (exact) mass is 247 g/mol. The van der Waals surface area contributed by atoms with Crippen molar-refractivity contribution in [1.29, 1.82) is 0 Å². The molecule has 1 aromatic heterocycles. The van der Waals surface area contributed by atoms with E-state index in [0.29, 0.717) is 5.69 Å². The van der Waals surface area contributed by atoms with Crippen LogP contribution in [0.1, 0.15) is 23.3 Å². The van der Waals surface area contributed by atoms with E-state index in [1.165, 1.54) is 25.2 Å². The molecule has 2 aliphatic rings. The van der Waals surface area contributed by atoms with Crippen LogP contribution in [0.25, 0.3) is 0 Å². The fourth-order valence-corrected chi connectivity index (χ4v) is 2.38. The van der Waals surface area contributed by atoms with Crippen molar-refractivity contribution in [2.45, 2.75) is 18.9 Å². The van der Waals surface area contributed by atoms with E-state index in [-0.39, 0.29) is 11.7 Å². The van der Waals surface area contributed by atoms with Crippen LogP contribution in [0.15, 0.2) is 12.4 Å². The van der Waals surface area contributed by atoms with Crippen LogP contribution in [0.3, 0.4) is 0 Å². The van der Waals surface area contributed by atoms with Crippen LogP contribution < -0.4 is 5.73 Å². The van der Waals surface area contributed by atoms with Gasteiger partial charge in [-0.1, -0.05) is 0 Å². The molecule has 0 unspecified atom stereocenters. The average molecular weight is 247 g/mol. The van der Waals surface area contributed by atoms with E-state index in [4.69, 9.17) is 5.73 Å². The summed E-state index contributed by atoms with van der Waals surface area (Å²) in [5, 5.41) is 0. The third-order valence-electron chi connectivity index (χ3n) is 3.54. The molecule has 6 nitrogen and oxygen atoms in total. The van der Waals surface area contributed by atoms with Crippen LogP contribution in [0, 0.1) is 0 Å². The number of piperazine rings is 1. The molecule has 1 saturated carbocycles. The predicted molar refractivity (Wildman–Crippen MR) is 66.9 cm³/mol. The average Bonchev–Trinajstić information content (AvgIpc) is 3.22. The van der Waals surface area contributed by atoms with Gasteiger partial charge in [0.05, 0.1) is 12.4 Å². The maximum Gasteiger partial charge on any atom is 0.274 e. The molecule has 0 aromatic carbocycles. The highest BCUT2D eigenvalue weighted by Crippen LogP contribution is 2.27. The first kappa shape index (κ1) is 11.4. The molecule has 1 aromatic rings. The smallest absolute Gasteiger partial charge is 0.274 e. The Morgan fingerprint density at radius 3 is 2.56 bits per heavy atom. The summed E-state index contributed by atoms with van der Waals surface area (Å²) in [5.74, 6) is 0.225. The van der Waals surface area contributed by atoms with E-state index in [0.717, 1.165) is 32.2 Å². The maximum atomic E-state index is 12.2. The number of rotatable bonds is 2. The Morgan fingerprint density at radius 2 is 1.94 bits per heavy atom. The highest BCUT2D eigenvalue weighted by atomic mass is 16.2. The van der Waals surface area contributed by atoms with Crippen molar-refractivity contribution < 1.29 is 4.79 Å². The van der Waals surface area contributed by atoms with E-state index in [2.05, 4.69) is 14.9 Å². The Balaban J connectivity index is 1.63. The molecule has 18 heavy (non-hydrogen) atoms. The Kier molecular flexibility index (Phi) is 2.87. The molecular weight excluding hydrogens is 230 g/mol. The van der Waals surface area contributed by atoms with Gasteiger partial charge in [0, 0.05) is 32.2 Å². The van der Waals surface area contributed by atoms with E-state index >= 15 is 0 Å². The first-order chi connectivity index (χ1) is 8.74. The van der Waals surface area contributed by atoms with Crippen LogP contribution in [0.4, 0.5) is 5.82 Å². The van der Waals surface area contributed by atoms with Gasteiger partial charge in [-0.2, -0.15) is 0 Å². The third kappa shape index (κ3) is 2.28. The van der Waals surface area contributed by atoms with Crippen molar-refractivity contribution in [1.82, 2.24) is 19.8 Å². The molecule has 6 heteroatoms. The quantitative estimate of drug-likeness (QED) is 0.795. The second-order valence-electron chi connectivity index (χ2n) is 4.89. The normalized spacial score (nSPS) is 21.0. The Morgan fingerprint density at radius 1 is 1.22 bits per heavy atom. The summed E-state index contributed by atoms with van der Waals surface area (Å²) >= 11 is 0. The zero-order valence-corrected chi connectivity index (χ0v) is 10.2. The summed E-state index contributed by atoms with van der Waals surface area (Å²) in [7, 11) is 0. The predicted octanol–water partition coefficient (Wildman–Crippen LogP) is -0.0210. The van der Waals surface area contributed by atoms with Gasteiger partial charge in [0.25, 0.3) is 5.91 Å². The van der Waals surface area contributed by atoms with Gasteiger partial charge >= 0.3 is 0 Å². The van der Waals surface area contributed by atoms with Gasteiger partial charge < -0.3 is 10.6 Å². The Hall–Kier alpha value is -1.69. The molecule has 2 N–H and O–H groups in total. The summed E-state index contributed by atoms with van der Waals surface area (Å²) in [6.45, 7) is 3.47. The SMILES string of the molecule is Nc1cncc(C(=O)N2CCN(C3CC3)CC2)n1. The molecule has 0 bridgehead atoms. The number of aromatic nitrogens is 2. The first-order valence-electron chi connectivity index (χ1n) is 6.35. The lowest BCUT2D eigenvalue weighted by molar-refractivity contribution is 0.0621. The second-order valence-corrected chi connectivity index (χ2v) is 4.89. The van der Waals surface area contributed by atoms with Crippen molar-refractivity contribution in [3.63, 3.8) is 0 Å². The zero-order valence-electron chi connectivity index (χ0n) is 10.2. The summed E-state index contributed by atoms with van der Waals surface area (Å²) in [6.07, 6.45) is 5.55. The summed E-state index contributed by atoms with van der Waals surface area (Å²) in [5.41, 5.74) is 5.89. The molecule has 1 aliphatic heterocycles. The number of carbonyl (C=O) groups excluding carboxylic acids is 1. The molecule has 0 spiro atoms. The summed E-state index contributed by atoms with van der Waals surface area (Å²) in [4.78, 5) is 24.4. The molecule has 1 amide bonds. The van der Waals surface area contributed by atoms with Crippen LogP contribution >= 0.6 is 0 Å². The molecule has 2 fully saturated rings. The third-order valence-corrected chi connectivity index (χ3v) is 3.54. The second kappa shape index (κ2) is 4.53. The fourth-order valence-electron chi connectivity index (χ4n) is 2.38. The van der Waals surface area contributed by atoms with Gasteiger partial charge in [0.1, 0.15) is 11.5 Å². The maximum absolute atomic E-state index is 12.2. The number of anilines is 1. The first-order valence-corrected chi connectivity index (χ1v) is 6.35. The van der Waals surface area contributed by atoms with Crippen molar-refractivity contribution in [3.8, 4) is 0 Å². The van der Waals surface area contributed by atoms with Gasteiger partial charge in [-0.3, -0.25) is 14.7 Å². The van der Waals surface area contributed by atoms with Crippen LogP contribution in [0.5, 0.6) is 0 Å². The molecule has 1 aliphatic carbocycles. The van der Waals surface area contributed by atoms with E-state index in [1.54, 1.807) is 0 Å². The van der Waals surface area contributed by atoms with Gasteiger partial charge in [-0.05, 0) is 12.8 Å². The largest absolute Gasteiger partial charge is 0.382 e. The summed E-state index contributed by atoms with van der Waals surface area (Å²) in [6, 6.07) is 0.773. The van der Waals surface area contributed by atoms with E-state index in [1.807, 2.05) is 4.90 Å². The van der Waals surface area contributed by atoms with Crippen LogP contribution in [-0.2, 0) is 0 Å². The number of hydrogen-bond acceptors (Lipinski definition) is 5. The topological polar surface area (TPSA) is 75.3 Å². The molecule has 0 atom stereocenters. The lowest BCUT2D eigenvalue weighted by Crippen LogP contribution is -2.49. The molecule has 1 saturated heterocycles. The fraction of sp³-hybridized carbons (Fsp3) is 0.583. The number of nitrogen functional groups attached to an aromatic ring is 1. The lowest BCUT2D eigenvalue weighted by atomic mass is 10.2. The van der Waals surface area contributed by atoms with E-state index < -0.39 is 0 Å². The zero-order chi connectivity index (χ0) is 12.5. The molecule has 3 rings (SSSR count).